The van der Waals surface area contributed by atoms with E-state index in [1.807, 2.05) is 0 Å². The van der Waals surface area contributed by atoms with E-state index in [1.165, 1.54) is 30.6 Å². The van der Waals surface area contributed by atoms with Crippen LogP contribution in [0, 0.1) is 5.92 Å². The van der Waals surface area contributed by atoms with Gasteiger partial charge in [-0.3, -0.25) is 14.5 Å². The summed E-state index contributed by atoms with van der Waals surface area (Å²) in [4.78, 5) is 24.5. The number of likely N-dealkylation sites (tertiary alicyclic amines) is 1. The lowest BCUT2D eigenvalue weighted by Gasteiger charge is -2.30. The van der Waals surface area contributed by atoms with Crippen LogP contribution >= 0.6 is 0 Å². The van der Waals surface area contributed by atoms with Gasteiger partial charge in [-0.1, -0.05) is 19.8 Å². The summed E-state index contributed by atoms with van der Waals surface area (Å²) in [5.41, 5.74) is 0. The van der Waals surface area contributed by atoms with Crippen molar-refractivity contribution < 1.29 is 9.59 Å². The highest BCUT2D eigenvalue weighted by Gasteiger charge is 2.37. The number of carbonyl (C=O) groups is 2. The van der Waals surface area contributed by atoms with Gasteiger partial charge >= 0.3 is 0 Å². The number of amides is 2. The van der Waals surface area contributed by atoms with Crippen molar-refractivity contribution in [3.05, 3.63) is 0 Å². The normalized spacial score (nSPS) is 33.2. The summed E-state index contributed by atoms with van der Waals surface area (Å²) < 4.78 is 0. The summed E-state index contributed by atoms with van der Waals surface area (Å²) in [6, 6.07) is 0.154. The molecule has 0 aromatic rings. The number of nitrogens with zero attached hydrogens (tertiary/aromatic N) is 1. The van der Waals surface area contributed by atoms with Gasteiger partial charge in [-0.25, -0.2) is 0 Å². The quantitative estimate of drug-likeness (QED) is 0.775. The van der Waals surface area contributed by atoms with Crippen LogP contribution in [0.15, 0.2) is 0 Å². The van der Waals surface area contributed by atoms with E-state index in [1.54, 1.807) is 7.05 Å². The lowest BCUT2D eigenvalue weighted by molar-refractivity contribution is -0.137. The summed E-state index contributed by atoms with van der Waals surface area (Å²) >= 11 is 0. The topological polar surface area (TPSA) is 49.4 Å². The zero-order valence-electron chi connectivity index (χ0n) is 11.4. The minimum Gasteiger partial charge on any atom is -0.303 e. The van der Waals surface area contributed by atoms with Crippen LogP contribution < -0.4 is 5.32 Å². The summed E-state index contributed by atoms with van der Waals surface area (Å²) in [7, 11) is 1.57. The molecule has 18 heavy (non-hydrogen) atoms. The highest BCUT2D eigenvalue weighted by molar-refractivity contribution is 6.05. The molecule has 1 saturated heterocycles. The maximum Gasteiger partial charge on any atom is 0.246 e. The van der Waals surface area contributed by atoms with Crippen molar-refractivity contribution in [3.63, 3.8) is 0 Å². The van der Waals surface area contributed by atoms with E-state index in [0.717, 1.165) is 18.8 Å². The number of hydrogen-bond acceptors (Lipinski definition) is 3. The summed E-state index contributed by atoms with van der Waals surface area (Å²) in [5, 5.41) is 3.38. The molecule has 4 nitrogen and oxygen atoms in total. The van der Waals surface area contributed by atoms with Crippen molar-refractivity contribution in [2.45, 2.75) is 64.0 Å². The number of imide groups is 1. The zero-order valence-corrected chi connectivity index (χ0v) is 11.4. The Hall–Kier alpha value is -0.900. The summed E-state index contributed by atoms with van der Waals surface area (Å²) in [6.45, 7) is 2.24. The summed E-state index contributed by atoms with van der Waals surface area (Å²) in [6.07, 6.45) is 7.74. The van der Waals surface area contributed by atoms with E-state index < -0.39 is 0 Å². The van der Waals surface area contributed by atoms with E-state index in [4.69, 9.17) is 0 Å². The Balaban J connectivity index is 1.78. The fourth-order valence-electron chi connectivity index (χ4n) is 3.20. The number of nitrogens with one attached hydrogen (secondary N) is 1. The van der Waals surface area contributed by atoms with E-state index in [2.05, 4.69) is 12.2 Å². The molecule has 2 fully saturated rings. The second-order valence-electron chi connectivity index (χ2n) is 5.72. The molecule has 1 aliphatic carbocycles. The second kappa shape index (κ2) is 5.83. The fourth-order valence-corrected chi connectivity index (χ4v) is 3.20. The third kappa shape index (κ3) is 2.91. The molecule has 0 bridgehead atoms. The first kappa shape index (κ1) is 13.5. The van der Waals surface area contributed by atoms with Crippen LogP contribution in [0.25, 0.3) is 0 Å². The molecule has 0 radical (unpaired) electrons. The van der Waals surface area contributed by atoms with Gasteiger partial charge < -0.3 is 5.32 Å². The Morgan fingerprint density at radius 2 is 1.89 bits per heavy atom. The van der Waals surface area contributed by atoms with Crippen LogP contribution in [0.1, 0.15) is 51.9 Å². The predicted octanol–water partition coefficient (Wildman–Crippen LogP) is 1.69. The first-order chi connectivity index (χ1) is 8.61. The molecule has 2 amide bonds. The monoisotopic (exact) mass is 252 g/mol. The third-order valence-corrected chi connectivity index (χ3v) is 4.36. The molecular weight excluding hydrogens is 228 g/mol. The molecule has 1 N–H and O–H groups in total. The largest absolute Gasteiger partial charge is 0.303 e. The maximum absolute atomic E-state index is 11.8. The van der Waals surface area contributed by atoms with Gasteiger partial charge in [0.05, 0.1) is 12.5 Å². The molecule has 1 aliphatic heterocycles. The van der Waals surface area contributed by atoms with Crippen molar-refractivity contribution in [2.75, 3.05) is 7.05 Å². The molecule has 1 unspecified atom stereocenters. The van der Waals surface area contributed by atoms with Gasteiger partial charge in [-0.2, -0.15) is 0 Å². The Bertz CT molecular complexity index is 322. The maximum atomic E-state index is 11.8. The van der Waals surface area contributed by atoms with Crippen LogP contribution in [0.2, 0.25) is 0 Å². The van der Waals surface area contributed by atoms with Gasteiger partial charge in [0.1, 0.15) is 0 Å². The molecule has 0 aromatic carbocycles. The highest BCUT2D eigenvalue weighted by atomic mass is 16.2. The van der Waals surface area contributed by atoms with Crippen molar-refractivity contribution >= 4 is 11.8 Å². The Labute approximate surface area is 109 Å². The van der Waals surface area contributed by atoms with Crippen LogP contribution in [-0.4, -0.2) is 35.8 Å². The summed E-state index contributed by atoms with van der Waals surface area (Å²) in [5.74, 6) is 0.754. The predicted molar refractivity (Wildman–Crippen MR) is 70.0 cm³/mol. The Morgan fingerprint density at radius 3 is 2.39 bits per heavy atom. The molecule has 2 aliphatic rings. The molecule has 1 saturated carbocycles. The standard InChI is InChI=1S/C14H24N2O2/c1-3-4-10-5-7-11(8-6-10)15-12-9-13(17)16(2)14(12)18/h10-12,15H,3-9H2,1-2H3. The van der Waals surface area contributed by atoms with Crippen LogP contribution in [-0.2, 0) is 9.59 Å². The molecule has 0 aromatic heterocycles. The van der Waals surface area contributed by atoms with Gasteiger partial charge in [0.2, 0.25) is 11.8 Å². The van der Waals surface area contributed by atoms with Crippen molar-refractivity contribution in [1.29, 1.82) is 0 Å². The number of carbonyl (C=O) groups excluding carboxylic acids is 2. The van der Waals surface area contributed by atoms with Gasteiger partial charge in [0.15, 0.2) is 0 Å². The lowest BCUT2D eigenvalue weighted by atomic mass is 9.83. The number of rotatable bonds is 4. The molecule has 4 heteroatoms. The van der Waals surface area contributed by atoms with Crippen LogP contribution in [0.5, 0.6) is 0 Å². The van der Waals surface area contributed by atoms with Gasteiger partial charge in [0.25, 0.3) is 0 Å². The molecule has 1 heterocycles. The molecule has 1 atom stereocenters. The highest BCUT2D eigenvalue weighted by Crippen LogP contribution is 2.28. The smallest absolute Gasteiger partial charge is 0.246 e. The second-order valence-corrected chi connectivity index (χ2v) is 5.72. The SMILES string of the molecule is CCCC1CCC(NC2CC(=O)N(C)C2=O)CC1. The van der Waals surface area contributed by atoms with Crippen LogP contribution in [0.4, 0.5) is 0 Å². The number of likely N-dealkylation sites (N-methyl/N-ethyl adjacent to an activating group) is 1. The minimum atomic E-state index is -0.268. The van der Waals surface area contributed by atoms with Crippen LogP contribution in [0.3, 0.4) is 0 Å². The number of hydrogen-bond donors (Lipinski definition) is 1. The van der Waals surface area contributed by atoms with Gasteiger partial charge in [-0.05, 0) is 31.6 Å². The minimum absolute atomic E-state index is 0.0582. The van der Waals surface area contributed by atoms with Crippen molar-refractivity contribution in [2.24, 2.45) is 5.92 Å². The first-order valence-corrected chi connectivity index (χ1v) is 7.18. The van der Waals surface area contributed by atoms with E-state index in [9.17, 15) is 9.59 Å². The Kier molecular flexibility index (Phi) is 4.38. The van der Waals surface area contributed by atoms with Gasteiger partial charge in [0, 0.05) is 13.1 Å². The van der Waals surface area contributed by atoms with Crippen molar-refractivity contribution in [3.8, 4) is 0 Å². The van der Waals surface area contributed by atoms with E-state index in [-0.39, 0.29) is 17.9 Å². The average Bonchev–Trinajstić information content (AvgIpc) is 2.60. The third-order valence-electron chi connectivity index (χ3n) is 4.36. The van der Waals surface area contributed by atoms with E-state index in [0.29, 0.717) is 12.5 Å². The van der Waals surface area contributed by atoms with E-state index >= 15 is 0 Å². The fraction of sp³-hybridized carbons (Fsp3) is 0.857. The average molecular weight is 252 g/mol. The van der Waals surface area contributed by atoms with Crippen molar-refractivity contribution in [1.82, 2.24) is 10.2 Å². The molecule has 0 spiro atoms. The zero-order chi connectivity index (χ0) is 13.1. The van der Waals surface area contributed by atoms with Gasteiger partial charge in [-0.15, -0.1) is 0 Å². The Morgan fingerprint density at radius 1 is 1.22 bits per heavy atom. The lowest BCUT2D eigenvalue weighted by Crippen LogP contribution is -2.44. The molecular formula is C14H24N2O2. The molecule has 102 valence electrons. The first-order valence-electron chi connectivity index (χ1n) is 7.18. The molecule has 2 rings (SSSR count).